The molecule has 2 N–H and O–H groups in total. The van der Waals surface area contributed by atoms with E-state index < -0.39 is 12.0 Å². The van der Waals surface area contributed by atoms with Gasteiger partial charge in [0.25, 0.3) is 5.91 Å². The van der Waals surface area contributed by atoms with E-state index in [4.69, 9.17) is 0 Å². The number of nitrogens with one attached hydrogen (secondary N) is 2. The highest BCUT2D eigenvalue weighted by atomic mass is 32.1. The molecule has 0 radical (unpaired) electrons. The molecule has 3 amide bonds. The van der Waals surface area contributed by atoms with Crippen LogP contribution < -0.4 is 10.6 Å². The molecule has 1 aromatic carbocycles. The van der Waals surface area contributed by atoms with Gasteiger partial charge in [-0.15, -0.1) is 11.3 Å². The van der Waals surface area contributed by atoms with Crippen LogP contribution in [0, 0.1) is 5.82 Å². The maximum atomic E-state index is 13.0. The topological polar surface area (TPSA) is 84.5 Å². The molecule has 0 fully saturated rings. The fourth-order valence-electron chi connectivity index (χ4n) is 2.90. The number of imide groups is 1. The monoisotopic (exact) mass is 376 g/mol. The first-order valence-corrected chi connectivity index (χ1v) is 8.87. The highest BCUT2D eigenvalue weighted by molar-refractivity contribution is 7.17. The molecule has 136 valence electrons. The Hall–Kier alpha value is -2.74. The van der Waals surface area contributed by atoms with Crippen LogP contribution in [0.3, 0.4) is 0 Å². The Kier molecular flexibility index (Phi) is 5.32. The number of thiophene rings is 1. The minimum Gasteiger partial charge on any atom is -0.453 e. The van der Waals surface area contributed by atoms with Gasteiger partial charge in [0.05, 0.1) is 19.1 Å². The second-order valence-corrected chi connectivity index (χ2v) is 6.96. The van der Waals surface area contributed by atoms with E-state index in [0.29, 0.717) is 16.1 Å². The smallest absolute Gasteiger partial charge is 0.413 e. The number of hydrogen-bond acceptors (Lipinski definition) is 5. The lowest BCUT2D eigenvalue weighted by atomic mass is 10.1. The Morgan fingerprint density at radius 2 is 1.92 bits per heavy atom. The highest BCUT2D eigenvalue weighted by Gasteiger charge is 2.28. The number of fused-ring (bicyclic) bond motifs is 1. The number of benzene rings is 1. The summed E-state index contributed by atoms with van der Waals surface area (Å²) in [6.07, 6.45) is 1.71. The lowest BCUT2D eigenvalue weighted by Crippen LogP contribution is -2.31. The van der Waals surface area contributed by atoms with Gasteiger partial charge in [0, 0.05) is 4.88 Å². The molecule has 0 atom stereocenters. The van der Waals surface area contributed by atoms with Crippen LogP contribution in [0.1, 0.15) is 32.8 Å². The Labute approximate surface area is 153 Å². The zero-order chi connectivity index (χ0) is 18.7. The van der Waals surface area contributed by atoms with Gasteiger partial charge in [-0.25, -0.2) is 9.18 Å². The standard InChI is InChI=1S/C18H17FN2O4S/c1-25-18(24)21-16(23)15-12-3-2-4-13(12)26-17(15)20-14(22)9-10-5-7-11(19)8-6-10/h5-8H,2-4,9H2,1H3,(H,20,22)(H,21,23,24). The maximum absolute atomic E-state index is 13.0. The molecular formula is C18H17FN2O4S. The largest absolute Gasteiger partial charge is 0.453 e. The Morgan fingerprint density at radius 3 is 2.62 bits per heavy atom. The third-order valence-electron chi connectivity index (χ3n) is 4.08. The van der Waals surface area contributed by atoms with Crippen molar-refractivity contribution in [2.45, 2.75) is 25.7 Å². The van der Waals surface area contributed by atoms with Crippen LogP contribution in [0.2, 0.25) is 0 Å². The summed E-state index contributed by atoms with van der Waals surface area (Å²) in [6, 6.07) is 5.65. The Balaban J connectivity index is 1.79. The molecule has 6 nitrogen and oxygen atoms in total. The first kappa shape index (κ1) is 18.1. The van der Waals surface area contributed by atoms with Crippen molar-refractivity contribution in [2.24, 2.45) is 0 Å². The van der Waals surface area contributed by atoms with Crippen molar-refractivity contribution < 1.29 is 23.5 Å². The summed E-state index contributed by atoms with van der Waals surface area (Å²) in [5.41, 5.74) is 1.85. The molecule has 1 aliphatic carbocycles. The summed E-state index contributed by atoms with van der Waals surface area (Å²) < 4.78 is 17.4. The molecule has 0 unspecified atom stereocenters. The van der Waals surface area contributed by atoms with Gasteiger partial charge >= 0.3 is 6.09 Å². The van der Waals surface area contributed by atoms with Gasteiger partial charge in [-0.1, -0.05) is 12.1 Å². The number of anilines is 1. The lowest BCUT2D eigenvalue weighted by Gasteiger charge is -2.08. The van der Waals surface area contributed by atoms with E-state index in [2.05, 4.69) is 15.4 Å². The summed E-state index contributed by atoms with van der Waals surface area (Å²) in [5.74, 6) is -1.28. The van der Waals surface area contributed by atoms with E-state index in [1.54, 1.807) is 0 Å². The molecule has 3 rings (SSSR count). The minimum atomic E-state index is -0.850. The number of rotatable bonds is 4. The average Bonchev–Trinajstić information content (AvgIpc) is 3.17. The first-order chi connectivity index (χ1) is 12.5. The first-order valence-electron chi connectivity index (χ1n) is 8.06. The minimum absolute atomic E-state index is 0.0565. The van der Waals surface area contributed by atoms with Gasteiger partial charge in [0.1, 0.15) is 10.8 Å². The number of carbonyl (C=O) groups is 3. The zero-order valence-corrected chi connectivity index (χ0v) is 14.9. The second-order valence-electron chi connectivity index (χ2n) is 5.86. The summed E-state index contributed by atoms with van der Waals surface area (Å²) in [5, 5.41) is 5.31. The predicted molar refractivity (Wildman–Crippen MR) is 94.9 cm³/mol. The summed E-state index contributed by atoms with van der Waals surface area (Å²) in [6.45, 7) is 0. The number of amides is 3. The quantitative estimate of drug-likeness (QED) is 0.859. The molecule has 0 spiro atoms. The number of hydrogen-bond donors (Lipinski definition) is 2. The number of ether oxygens (including phenoxy) is 1. The van der Waals surface area contributed by atoms with Gasteiger partial charge in [-0.05, 0) is 42.5 Å². The van der Waals surface area contributed by atoms with E-state index in [9.17, 15) is 18.8 Å². The summed E-state index contributed by atoms with van der Waals surface area (Å²) >= 11 is 1.35. The number of aryl methyl sites for hydroxylation is 1. The van der Waals surface area contributed by atoms with Crippen molar-refractivity contribution >= 4 is 34.2 Å². The van der Waals surface area contributed by atoms with Crippen molar-refractivity contribution in [3.05, 3.63) is 51.7 Å². The van der Waals surface area contributed by atoms with Crippen LogP contribution in [-0.2, 0) is 28.8 Å². The van der Waals surface area contributed by atoms with Gasteiger partial charge in [-0.3, -0.25) is 14.9 Å². The molecule has 0 saturated heterocycles. The molecule has 8 heteroatoms. The number of methoxy groups -OCH3 is 1. The Morgan fingerprint density at radius 1 is 1.19 bits per heavy atom. The van der Waals surface area contributed by atoms with Crippen molar-refractivity contribution in [3.8, 4) is 0 Å². The van der Waals surface area contributed by atoms with Crippen LogP contribution >= 0.6 is 11.3 Å². The molecule has 1 aliphatic rings. The zero-order valence-electron chi connectivity index (χ0n) is 14.1. The van der Waals surface area contributed by atoms with Crippen LogP contribution in [-0.4, -0.2) is 25.0 Å². The van der Waals surface area contributed by atoms with Crippen molar-refractivity contribution in [2.75, 3.05) is 12.4 Å². The van der Waals surface area contributed by atoms with Crippen molar-refractivity contribution in [1.82, 2.24) is 5.32 Å². The van der Waals surface area contributed by atoms with Gasteiger partial charge < -0.3 is 10.1 Å². The highest BCUT2D eigenvalue weighted by Crippen LogP contribution is 2.39. The van der Waals surface area contributed by atoms with Crippen LogP contribution in [0.25, 0.3) is 0 Å². The van der Waals surface area contributed by atoms with E-state index in [0.717, 1.165) is 29.7 Å². The predicted octanol–water partition coefficient (Wildman–Crippen LogP) is 3.05. The molecule has 2 aromatic rings. The van der Waals surface area contributed by atoms with Crippen LogP contribution in [0.15, 0.2) is 24.3 Å². The molecule has 1 aromatic heterocycles. The maximum Gasteiger partial charge on any atom is 0.413 e. The Bertz CT molecular complexity index is 861. The average molecular weight is 376 g/mol. The van der Waals surface area contributed by atoms with E-state index >= 15 is 0 Å². The fourth-order valence-corrected chi connectivity index (χ4v) is 4.20. The van der Waals surface area contributed by atoms with E-state index in [1.165, 1.54) is 42.7 Å². The molecular weight excluding hydrogens is 359 g/mol. The van der Waals surface area contributed by atoms with Crippen molar-refractivity contribution in [3.63, 3.8) is 0 Å². The molecule has 0 bridgehead atoms. The number of carbonyl (C=O) groups excluding carboxylic acids is 3. The van der Waals surface area contributed by atoms with Crippen molar-refractivity contribution in [1.29, 1.82) is 0 Å². The summed E-state index contributed by atoms with van der Waals surface area (Å²) in [7, 11) is 1.17. The van der Waals surface area contributed by atoms with E-state index in [1.807, 2.05) is 0 Å². The number of halogens is 1. The third kappa shape index (κ3) is 3.91. The molecule has 26 heavy (non-hydrogen) atoms. The van der Waals surface area contributed by atoms with E-state index in [-0.39, 0.29) is 18.1 Å². The van der Waals surface area contributed by atoms with Crippen LogP contribution in [0.4, 0.5) is 14.2 Å². The number of alkyl carbamates (subject to hydrolysis) is 1. The molecule has 1 heterocycles. The normalized spacial score (nSPS) is 12.4. The SMILES string of the molecule is COC(=O)NC(=O)c1c(NC(=O)Cc2ccc(F)cc2)sc2c1CCC2. The third-order valence-corrected chi connectivity index (χ3v) is 5.29. The lowest BCUT2D eigenvalue weighted by molar-refractivity contribution is -0.115. The van der Waals surface area contributed by atoms with Crippen LogP contribution in [0.5, 0.6) is 0 Å². The van der Waals surface area contributed by atoms with Gasteiger partial charge in [0.2, 0.25) is 5.91 Å². The molecule has 0 saturated carbocycles. The van der Waals surface area contributed by atoms with Gasteiger partial charge in [0.15, 0.2) is 0 Å². The fraction of sp³-hybridized carbons (Fsp3) is 0.278. The van der Waals surface area contributed by atoms with Gasteiger partial charge in [-0.2, -0.15) is 0 Å². The summed E-state index contributed by atoms with van der Waals surface area (Å²) in [4.78, 5) is 37.2. The second kappa shape index (κ2) is 7.65. The molecule has 0 aliphatic heterocycles.